The average Bonchev–Trinajstić information content (AvgIpc) is 3.63. The number of rotatable bonds is 6. The van der Waals surface area contributed by atoms with Gasteiger partial charge in [-0.05, 0) is 59.5 Å². The largest absolute Gasteiger partial charge is 0.491 e. The Kier molecular flexibility index (Phi) is 6.10. The molecule has 4 rings (SSSR count). The van der Waals surface area contributed by atoms with Gasteiger partial charge in [0, 0.05) is 11.1 Å². The normalized spacial score (nSPS) is 15.2. The molecule has 3 aromatic carbocycles. The molecule has 0 aliphatic carbocycles. The molecule has 32 heavy (non-hydrogen) atoms. The highest BCUT2D eigenvalue weighted by atomic mass is 16.6. The van der Waals surface area contributed by atoms with Crippen molar-refractivity contribution in [3.8, 4) is 5.75 Å². The van der Waals surface area contributed by atoms with Crippen LogP contribution in [-0.2, 0) is 10.2 Å². The van der Waals surface area contributed by atoms with Crippen LogP contribution in [0.4, 0.5) is 5.69 Å². The second-order valence-corrected chi connectivity index (χ2v) is 8.90. The van der Waals surface area contributed by atoms with Gasteiger partial charge in [0.2, 0.25) is 0 Å². The predicted octanol–water partition coefficient (Wildman–Crippen LogP) is 5.25. The zero-order valence-corrected chi connectivity index (χ0v) is 18.6. The Hall–Kier alpha value is -3.44. The van der Waals surface area contributed by atoms with Crippen LogP contribution in [0.5, 0.6) is 5.75 Å². The number of imide groups is 1. The fraction of sp³-hybridized carbons (Fsp3) is 0.259. The van der Waals surface area contributed by atoms with E-state index in [2.05, 4.69) is 20.8 Å². The highest BCUT2D eigenvalue weighted by Crippen LogP contribution is 2.27. The second kappa shape index (κ2) is 8.97. The van der Waals surface area contributed by atoms with Crippen molar-refractivity contribution in [2.24, 2.45) is 0 Å². The van der Waals surface area contributed by atoms with Gasteiger partial charge in [0.15, 0.2) is 0 Å². The highest BCUT2D eigenvalue weighted by molar-refractivity contribution is 6.25. The lowest BCUT2D eigenvalue weighted by Crippen LogP contribution is -2.37. The van der Waals surface area contributed by atoms with E-state index < -0.39 is 0 Å². The van der Waals surface area contributed by atoms with Crippen molar-refractivity contribution < 1.29 is 19.1 Å². The Morgan fingerprint density at radius 3 is 2.16 bits per heavy atom. The molecule has 5 nitrogen and oxygen atoms in total. The number of epoxide rings is 1. The first kappa shape index (κ1) is 21.8. The summed E-state index contributed by atoms with van der Waals surface area (Å²) >= 11 is 0. The number of benzene rings is 3. The summed E-state index contributed by atoms with van der Waals surface area (Å²) in [5.41, 5.74) is 2.31. The molecule has 1 aliphatic heterocycles. The summed E-state index contributed by atoms with van der Waals surface area (Å²) in [6, 6.07) is 23.3. The van der Waals surface area contributed by atoms with Crippen LogP contribution in [0, 0.1) is 0 Å². The number of hydrogen-bond acceptors (Lipinski definition) is 4. The first-order chi connectivity index (χ1) is 15.3. The van der Waals surface area contributed by atoms with E-state index in [4.69, 9.17) is 9.47 Å². The van der Waals surface area contributed by atoms with Gasteiger partial charge < -0.3 is 9.47 Å². The third-order valence-corrected chi connectivity index (χ3v) is 5.34. The monoisotopic (exact) mass is 429 g/mol. The molecule has 164 valence electrons. The smallest absolute Gasteiger partial charge is 0.265 e. The summed E-state index contributed by atoms with van der Waals surface area (Å²) in [5, 5.41) is 0. The Morgan fingerprint density at radius 2 is 1.53 bits per heavy atom. The molecule has 2 amide bonds. The van der Waals surface area contributed by atoms with Gasteiger partial charge in [-0.15, -0.1) is 0 Å². The SMILES string of the molecule is CC(C)(C)c1cccc(C(=O)N(C(=O)c2ccccc2)c2ccc(OCC3CO3)cc2)c1. The molecule has 0 bridgehead atoms. The van der Waals surface area contributed by atoms with E-state index in [0.717, 1.165) is 12.2 Å². The molecule has 1 heterocycles. The first-order valence-electron chi connectivity index (χ1n) is 10.7. The number of anilines is 1. The van der Waals surface area contributed by atoms with Crippen LogP contribution in [0.2, 0.25) is 0 Å². The zero-order chi connectivity index (χ0) is 22.7. The van der Waals surface area contributed by atoms with E-state index in [9.17, 15) is 9.59 Å². The number of nitrogens with zero attached hydrogens (tertiary/aromatic N) is 1. The van der Waals surface area contributed by atoms with Crippen molar-refractivity contribution in [1.29, 1.82) is 0 Å². The molecule has 0 aromatic heterocycles. The number of carbonyl (C=O) groups excluding carboxylic acids is 2. The van der Waals surface area contributed by atoms with Crippen LogP contribution < -0.4 is 9.64 Å². The minimum Gasteiger partial charge on any atom is -0.491 e. The lowest BCUT2D eigenvalue weighted by atomic mass is 9.86. The van der Waals surface area contributed by atoms with Gasteiger partial charge in [-0.3, -0.25) is 9.59 Å². The summed E-state index contributed by atoms with van der Waals surface area (Å²) in [7, 11) is 0. The standard InChI is InChI=1S/C27H27NO4/c1-27(2,3)21-11-7-10-20(16-21)26(30)28(25(29)19-8-5-4-6-9-19)22-12-14-23(15-13-22)31-17-24-18-32-24/h4-16,24H,17-18H2,1-3H3. The zero-order valence-electron chi connectivity index (χ0n) is 18.6. The van der Waals surface area contributed by atoms with Gasteiger partial charge in [-0.25, -0.2) is 4.90 Å². The molecular formula is C27H27NO4. The fourth-order valence-electron chi connectivity index (χ4n) is 3.33. The van der Waals surface area contributed by atoms with Crippen molar-refractivity contribution in [1.82, 2.24) is 0 Å². The summed E-state index contributed by atoms with van der Waals surface area (Å²) in [5.74, 6) is -0.0830. The lowest BCUT2D eigenvalue weighted by molar-refractivity contribution is 0.0897. The Balaban J connectivity index is 1.67. The van der Waals surface area contributed by atoms with Crippen LogP contribution in [0.25, 0.3) is 0 Å². The Morgan fingerprint density at radius 1 is 0.906 bits per heavy atom. The van der Waals surface area contributed by atoms with Gasteiger partial charge in [0.05, 0.1) is 12.3 Å². The van der Waals surface area contributed by atoms with Crippen LogP contribution in [0.1, 0.15) is 47.1 Å². The molecule has 0 saturated carbocycles. The second-order valence-electron chi connectivity index (χ2n) is 8.90. The van der Waals surface area contributed by atoms with E-state index in [1.54, 1.807) is 54.6 Å². The van der Waals surface area contributed by atoms with Crippen molar-refractivity contribution in [2.45, 2.75) is 32.3 Å². The van der Waals surface area contributed by atoms with E-state index in [-0.39, 0.29) is 23.3 Å². The molecule has 5 heteroatoms. The van der Waals surface area contributed by atoms with Crippen molar-refractivity contribution in [3.63, 3.8) is 0 Å². The van der Waals surface area contributed by atoms with Crippen LogP contribution in [0.3, 0.4) is 0 Å². The van der Waals surface area contributed by atoms with Crippen LogP contribution in [0.15, 0.2) is 78.9 Å². The number of ether oxygens (including phenoxy) is 2. The molecule has 3 aromatic rings. The summed E-state index contributed by atoms with van der Waals surface area (Å²) in [6.07, 6.45) is 0.155. The van der Waals surface area contributed by atoms with E-state index in [1.807, 2.05) is 24.3 Å². The molecule has 1 saturated heterocycles. The van der Waals surface area contributed by atoms with Gasteiger partial charge >= 0.3 is 0 Å². The number of carbonyl (C=O) groups is 2. The number of amides is 2. The third-order valence-electron chi connectivity index (χ3n) is 5.34. The van der Waals surface area contributed by atoms with Crippen molar-refractivity contribution in [2.75, 3.05) is 18.1 Å². The van der Waals surface area contributed by atoms with E-state index >= 15 is 0 Å². The minimum atomic E-state index is -0.378. The van der Waals surface area contributed by atoms with Gasteiger partial charge in [0.25, 0.3) is 11.8 Å². The topological polar surface area (TPSA) is 59.1 Å². The predicted molar refractivity (Wildman–Crippen MR) is 124 cm³/mol. The van der Waals surface area contributed by atoms with Gasteiger partial charge in [-0.1, -0.05) is 51.1 Å². The Labute approximate surface area is 188 Å². The van der Waals surface area contributed by atoms with Gasteiger partial charge in [0.1, 0.15) is 18.5 Å². The first-order valence-corrected chi connectivity index (χ1v) is 10.7. The fourth-order valence-corrected chi connectivity index (χ4v) is 3.33. The number of hydrogen-bond donors (Lipinski definition) is 0. The van der Waals surface area contributed by atoms with Gasteiger partial charge in [-0.2, -0.15) is 0 Å². The van der Waals surface area contributed by atoms with E-state index in [0.29, 0.717) is 29.2 Å². The van der Waals surface area contributed by atoms with E-state index in [1.165, 1.54) is 4.90 Å². The highest BCUT2D eigenvalue weighted by Gasteiger charge is 2.27. The molecule has 0 radical (unpaired) electrons. The van der Waals surface area contributed by atoms with Crippen molar-refractivity contribution in [3.05, 3.63) is 95.6 Å². The minimum absolute atomic E-state index is 0.116. The molecular weight excluding hydrogens is 402 g/mol. The molecule has 1 atom stereocenters. The summed E-state index contributed by atoms with van der Waals surface area (Å²) in [4.78, 5) is 28.2. The molecule has 1 aliphatic rings. The van der Waals surface area contributed by atoms with Crippen molar-refractivity contribution >= 4 is 17.5 Å². The Bertz CT molecular complexity index is 1100. The molecule has 1 unspecified atom stereocenters. The average molecular weight is 430 g/mol. The van der Waals surface area contributed by atoms with Crippen LogP contribution >= 0.6 is 0 Å². The quantitative estimate of drug-likeness (QED) is 0.397. The summed E-state index contributed by atoms with van der Waals surface area (Å²) in [6.45, 7) is 7.49. The maximum absolute atomic E-state index is 13.6. The maximum Gasteiger partial charge on any atom is 0.265 e. The summed E-state index contributed by atoms with van der Waals surface area (Å²) < 4.78 is 10.9. The lowest BCUT2D eigenvalue weighted by Gasteiger charge is -2.23. The molecule has 0 spiro atoms. The molecule has 1 fully saturated rings. The molecule has 0 N–H and O–H groups in total. The van der Waals surface area contributed by atoms with Crippen LogP contribution in [-0.4, -0.2) is 31.1 Å². The maximum atomic E-state index is 13.6. The third kappa shape index (κ3) is 5.06.